The van der Waals surface area contributed by atoms with Crippen LogP contribution < -0.4 is 0 Å². The van der Waals surface area contributed by atoms with Gasteiger partial charge >= 0.3 is 5.97 Å². The van der Waals surface area contributed by atoms with Gasteiger partial charge in [0.2, 0.25) is 6.29 Å². The van der Waals surface area contributed by atoms with Crippen LogP contribution in [0.5, 0.6) is 0 Å². The van der Waals surface area contributed by atoms with E-state index >= 15 is 0 Å². The Labute approximate surface area is 205 Å². The molecule has 0 aliphatic heterocycles. The second-order valence-electron chi connectivity index (χ2n) is 9.61. The van der Waals surface area contributed by atoms with E-state index < -0.39 is 6.29 Å². The molecule has 34 heavy (non-hydrogen) atoms. The number of aliphatic imine (C=N–C) groups is 1. The van der Waals surface area contributed by atoms with Crippen molar-refractivity contribution in [2.45, 2.75) is 92.9 Å². The highest BCUT2D eigenvalue weighted by Crippen LogP contribution is 2.32. The molecule has 0 aliphatic rings. The summed E-state index contributed by atoms with van der Waals surface area (Å²) in [6, 6.07) is 8.46. The number of hydrogen-bond acceptors (Lipinski definition) is 5. The Morgan fingerprint density at radius 2 is 1.79 bits per heavy atom. The standard InChI is InChI=1S/C28H41N3O3/c1-10-12-13-25(32)33-21(5)34-27(26-19(3)20(4)30-31(26)11-2)24(18-29-9)22-14-16-23(17-15-22)28(6,7)8/h14-18,21H,10-13H2,1-9H3/b27-24-,29-18?. The fraction of sp³-hybridized carbons (Fsp3) is 0.536. The average molecular weight is 468 g/mol. The molecule has 6 heteroatoms. The number of ether oxygens (including phenoxy) is 2. The predicted molar refractivity (Wildman–Crippen MR) is 140 cm³/mol. The number of benzene rings is 1. The summed E-state index contributed by atoms with van der Waals surface area (Å²) in [5, 5.41) is 4.69. The van der Waals surface area contributed by atoms with Crippen LogP contribution in [0.25, 0.3) is 11.3 Å². The number of aromatic nitrogens is 2. The third-order valence-corrected chi connectivity index (χ3v) is 5.82. The molecule has 0 aliphatic carbocycles. The molecule has 1 aromatic heterocycles. The summed E-state index contributed by atoms with van der Waals surface area (Å²) in [6.45, 7) is 17.1. The maximum absolute atomic E-state index is 12.3. The van der Waals surface area contributed by atoms with E-state index in [4.69, 9.17) is 14.6 Å². The van der Waals surface area contributed by atoms with Crippen molar-refractivity contribution in [1.29, 1.82) is 0 Å². The van der Waals surface area contributed by atoms with Crippen molar-refractivity contribution in [3.05, 3.63) is 52.3 Å². The van der Waals surface area contributed by atoms with Gasteiger partial charge in [0.05, 0.1) is 5.69 Å². The van der Waals surface area contributed by atoms with Gasteiger partial charge in [0, 0.05) is 44.3 Å². The number of hydrogen-bond donors (Lipinski definition) is 0. The molecule has 2 aromatic rings. The summed E-state index contributed by atoms with van der Waals surface area (Å²) >= 11 is 0. The third-order valence-electron chi connectivity index (χ3n) is 5.82. The number of nitrogens with zero attached hydrogens (tertiary/aromatic N) is 3. The zero-order valence-corrected chi connectivity index (χ0v) is 22.4. The maximum Gasteiger partial charge on any atom is 0.308 e. The minimum absolute atomic E-state index is 0.0519. The normalized spacial score (nSPS) is 13.7. The lowest BCUT2D eigenvalue weighted by atomic mass is 9.86. The molecule has 186 valence electrons. The summed E-state index contributed by atoms with van der Waals surface area (Å²) in [7, 11) is 1.74. The van der Waals surface area contributed by atoms with Crippen LogP contribution in [0.15, 0.2) is 29.3 Å². The molecule has 2 rings (SSSR count). The highest BCUT2D eigenvalue weighted by atomic mass is 16.7. The van der Waals surface area contributed by atoms with Gasteiger partial charge in [-0.05, 0) is 43.7 Å². The first-order valence-electron chi connectivity index (χ1n) is 12.2. The first-order valence-corrected chi connectivity index (χ1v) is 12.2. The summed E-state index contributed by atoms with van der Waals surface area (Å²) in [6.07, 6.45) is 3.16. The molecule has 0 bridgehead atoms. The van der Waals surface area contributed by atoms with Crippen molar-refractivity contribution in [3.63, 3.8) is 0 Å². The second-order valence-corrected chi connectivity index (χ2v) is 9.61. The summed E-state index contributed by atoms with van der Waals surface area (Å²) in [5.41, 5.74) is 5.91. The molecule has 6 nitrogen and oxygen atoms in total. The fourth-order valence-corrected chi connectivity index (χ4v) is 3.73. The fourth-order valence-electron chi connectivity index (χ4n) is 3.73. The number of allylic oxidation sites excluding steroid dienone is 1. The molecular formula is C28H41N3O3. The zero-order valence-electron chi connectivity index (χ0n) is 22.4. The summed E-state index contributed by atoms with van der Waals surface area (Å²) in [4.78, 5) is 16.6. The molecule has 0 fully saturated rings. The lowest BCUT2D eigenvalue weighted by molar-refractivity contribution is -0.164. The molecule has 0 amide bonds. The van der Waals surface area contributed by atoms with Gasteiger partial charge in [-0.25, -0.2) is 0 Å². The van der Waals surface area contributed by atoms with Crippen molar-refractivity contribution < 1.29 is 14.3 Å². The molecule has 1 unspecified atom stereocenters. The molecule has 0 saturated heterocycles. The number of carbonyl (C=O) groups is 1. The van der Waals surface area contributed by atoms with Crippen molar-refractivity contribution in [3.8, 4) is 0 Å². The van der Waals surface area contributed by atoms with Gasteiger partial charge in [-0.15, -0.1) is 0 Å². The topological polar surface area (TPSA) is 65.7 Å². The van der Waals surface area contributed by atoms with E-state index in [0.29, 0.717) is 18.7 Å². The van der Waals surface area contributed by atoms with Gasteiger partial charge < -0.3 is 9.47 Å². The summed E-state index contributed by atoms with van der Waals surface area (Å²) < 4.78 is 13.9. The van der Waals surface area contributed by atoms with E-state index in [2.05, 4.69) is 50.0 Å². The van der Waals surface area contributed by atoms with Crippen LogP contribution in [0.4, 0.5) is 0 Å². The minimum atomic E-state index is -0.756. The Balaban J connectivity index is 2.64. The van der Waals surface area contributed by atoms with Crippen LogP contribution in [-0.2, 0) is 26.2 Å². The van der Waals surface area contributed by atoms with E-state index in [1.165, 1.54) is 5.56 Å². The molecule has 0 spiro atoms. The number of carbonyl (C=O) groups excluding carboxylic acids is 1. The van der Waals surface area contributed by atoms with Crippen LogP contribution >= 0.6 is 0 Å². The molecule has 0 radical (unpaired) electrons. The quantitative estimate of drug-likeness (QED) is 0.174. The van der Waals surface area contributed by atoms with Gasteiger partial charge in [-0.1, -0.05) is 58.4 Å². The average Bonchev–Trinajstić information content (AvgIpc) is 3.07. The first-order chi connectivity index (χ1) is 16.0. The maximum atomic E-state index is 12.3. The van der Waals surface area contributed by atoms with Crippen LogP contribution in [-0.4, -0.2) is 35.3 Å². The van der Waals surface area contributed by atoms with E-state index in [1.807, 2.05) is 32.4 Å². The largest absolute Gasteiger partial charge is 0.452 e. The third kappa shape index (κ3) is 6.81. The van der Waals surface area contributed by atoms with Crippen LogP contribution in [0.2, 0.25) is 0 Å². The molecule has 1 aromatic carbocycles. The second kappa shape index (κ2) is 12.0. The van der Waals surface area contributed by atoms with Gasteiger partial charge in [0.1, 0.15) is 5.69 Å². The predicted octanol–water partition coefficient (Wildman–Crippen LogP) is 6.48. The van der Waals surface area contributed by atoms with Crippen LogP contribution in [0.3, 0.4) is 0 Å². The van der Waals surface area contributed by atoms with Crippen molar-refractivity contribution in [2.75, 3.05) is 7.05 Å². The summed E-state index contributed by atoms with van der Waals surface area (Å²) in [5.74, 6) is 0.343. The van der Waals surface area contributed by atoms with Crippen molar-refractivity contribution in [2.24, 2.45) is 4.99 Å². The Morgan fingerprint density at radius 3 is 2.32 bits per heavy atom. The van der Waals surface area contributed by atoms with E-state index in [1.54, 1.807) is 20.2 Å². The van der Waals surface area contributed by atoms with Crippen LogP contribution in [0, 0.1) is 13.8 Å². The molecule has 1 heterocycles. The lowest BCUT2D eigenvalue weighted by Gasteiger charge is -2.22. The Hall–Kier alpha value is -2.89. The van der Waals surface area contributed by atoms with Crippen LogP contribution in [0.1, 0.15) is 88.9 Å². The Morgan fingerprint density at radius 1 is 1.15 bits per heavy atom. The zero-order chi connectivity index (χ0) is 25.5. The van der Waals surface area contributed by atoms with Crippen molar-refractivity contribution in [1.82, 2.24) is 9.78 Å². The Kier molecular flexibility index (Phi) is 9.66. The van der Waals surface area contributed by atoms with E-state index in [9.17, 15) is 4.79 Å². The SMILES string of the molecule is CCCCC(=O)OC(C)O/C(=C(/C=NC)c1ccc(C(C)(C)C)cc1)c1c(C)c(C)nn1CC. The highest BCUT2D eigenvalue weighted by molar-refractivity contribution is 6.18. The molecular weight excluding hydrogens is 426 g/mol. The number of aryl methyl sites for hydroxylation is 2. The van der Waals surface area contributed by atoms with Gasteiger partial charge in [-0.2, -0.15) is 5.10 Å². The highest BCUT2D eigenvalue weighted by Gasteiger charge is 2.24. The number of unbranched alkanes of at least 4 members (excludes halogenated alkanes) is 1. The smallest absolute Gasteiger partial charge is 0.308 e. The number of esters is 1. The van der Waals surface area contributed by atoms with Gasteiger partial charge in [0.25, 0.3) is 0 Å². The molecule has 0 N–H and O–H groups in total. The van der Waals surface area contributed by atoms with E-state index in [0.717, 1.165) is 40.9 Å². The van der Waals surface area contributed by atoms with Gasteiger partial charge in [0.15, 0.2) is 5.76 Å². The van der Waals surface area contributed by atoms with Gasteiger partial charge in [-0.3, -0.25) is 14.5 Å². The lowest BCUT2D eigenvalue weighted by Crippen LogP contribution is -2.19. The Bertz CT molecular complexity index is 1020. The first kappa shape index (κ1) is 27.4. The molecule has 1 atom stereocenters. The monoisotopic (exact) mass is 467 g/mol. The van der Waals surface area contributed by atoms with E-state index in [-0.39, 0.29) is 11.4 Å². The minimum Gasteiger partial charge on any atom is -0.452 e. The molecule has 0 saturated carbocycles. The number of rotatable bonds is 10. The van der Waals surface area contributed by atoms with Crippen molar-refractivity contribution >= 4 is 23.5 Å².